The van der Waals surface area contributed by atoms with Crippen molar-refractivity contribution in [3.63, 3.8) is 0 Å². The average molecular weight is 164 g/mol. The Morgan fingerprint density at radius 3 is 1.00 bits per heavy atom. The van der Waals surface area contributed by atoms with E-state index in [4.69, 9.17) is 15.9 Å². The van der Waals surface area contributed by atoms with Gasteiger partial charge in [-0.15, -0.1) is 0 Å². The van der Waals surface area contributed by atoms with Crippen LogP contribution in [0, 0.1) is 0 Å². The normalized spacial score (nSPS) is 2.00. The van der Waals surface area contributed by atoms with Gasteiger partial charge in [0.25, 0.3) is 0 Å². The average Bonchev–Trinajstić information content (AvgIpc) is 1.39. The van der Waals surface area contributed by atoms with Crippen LogP contribution in [0.25, 0.3) is 0 Å². The summed E-state index contributed by atoms with van der Waals surface area (Å²) in [6.07, 6.45) is 0. The van der Waals surface area contributed by atoms with Gasteiger partial charge in [-0.05, 0) is 0 Å². The zero-order valence-corrected chi connectivity index (χ0v) is 5.68. The van der Waals surface area contributed by atoms with Crippen LogP contribution in [0.3, 0.4) is 0 Å². The summed E-state index contributed by atoms with van der Waals surface area (Å²) in [5, 5.41) is 0. The predicted molar refractivity (Wildman–Crippen MR) is 29.5 cm³/mol. The van der Waals surface area contributed by atoms with Crippen LogP contribution in [0.2, 0.25) is 0 Å². The molecular weight excluding hydrogens is 158 g/mol. The summed E-state index contributed by atoms with van der Waals surface area (Å²) in [5.74, 6) is 0. The Kier molecular flexibility index (Phi) is 126. The first kappa shape index (κ1) is 23.0. The molecule has 0 radical (unpaired) electrons. The third-order valence-corrected chi connectivity index (χ3v) is 0. The summed E-state index contributed by atoms with van der Waals surface area (Å²) in [6.45, 7) is 0. The van der Waals surface area contributed by atoms with Gasteiger partial charge in [-0.2, -0.15) is 0 Å². The van der Waals surface area contributed by atoms with E-state index >= 15 is 0 Å². The van der Waals surface area contributed by atoms with E-state index < -0.39 is 31.0 Å². The molecule has 0 rings (SSSR count). The van der Waals surface area contributed by atoms with E-state index in [0.717, 1.165) is 0 Å². The van der Waals surface area contributed by atoms with Crippen molar-refractivity contribution in [2.45, 2.75) is 0 Å². The third-order valence-electron chi connectivity index (χ3n) is 0. The number of hydrogen-bond donors (Lipinski definition) is 2. The van der Waals surface area contributed by atoms with E-state index in [9.17, 15) is 0 Å². The van der Waals surface area contributed by atoms with Gasteiger partial charge in [-0.1, -0.05) is 0 Å². The minimum atomic E-state index is -1.50. The van der Waals surface area contributed by atoms with Gasteiger partial charge in [-0.25, -0.2) is 0 Å². The number of hydrogen-bond acceptors (Lipinski definition) is 2. The monoisotopic (exact) mass is 164 g/mol. The molecule has 0 heterocycles. The van der Waals surface area contributed by atoms with E-state index in [1.165, 1.54) is 0 Å². The van der Waals surface area contributed by atoms with Crippen LogP contribution in [0.15, 0.2) is 0 Å². The standard InChI is InChI=1S/2Al.Mg.3H2O.2O.2H/h;;;3*1H2;;;;/q2*+1;;;;;;;;/p-2. The zero-order chi connectivity index (χ0) is 5.41. The van der Waals surface area contributed by atoms with Crippen LogP contribution < -0.4 is 0 Å². The summed E-state index contributed by atoms with van der Waals surface area (Å²) in [4.78, 5) is 0. The summed E-state index contributed by atoms with van der Waals surface area (Å²) < 4.78 is 31.3. The van der Waals surface area contributed by atoms with Gasteiger partial charge in [-0.3, -0.25) is 0 Å². The van der Waals surface area contributed by atoms with Crippen LogP contribution >= 0.6 is 0 Å². The Hall–Kier alpha value is 0.991. The molecule has 0 amide bonds. The molecule has 0 aliphatic heterocycles. The Balaban J connectivity index is -0.0000000160. The van der Waals surface area contributed by atoms with Gasteiger partial charge in [0.15, 0.2) is 0 Å². The molecule has 5 nitrogen and oxygen atoms in total. The molecular formula is H6Al2MgO5. The van der Waals surface area contributed by atoms with E-state index in [1.54, 1.807) is 0 Å². The van der Waals surface area contributed by atoms with Crippen molar-refractivity contribution in [2.75, 3.05) is 0 Å². The van der Waals surface area contributed by atoms with Crippen molar-refractivity contribution >= 4 is 54.0 Å². The second-order valence-electron chi connectivity index (χ2n) is 0.211. The molecule has 0 unspecified atom stereocenters. The Bertz CT molecular complexity index is 31.4. The fraction of sp³-hybridized carbons (Fsp3) is 0. The van der Waals surface area contributed by atoms with E-state index in [2.05, 4.69) is 0 Å². The molecule has 0 aromatic heterocycles. The zero-order valence-electron chi connectivity index (χ0n) is 3.37. The first-order valence-electron chi connectivity index (χ1n) is 0.988. The molecule has 0 aliphatic carbocycles. The molecule has 0 aromatic rings. The predicted octanol–water partition coefficient (Wildman–Crippen LogP) is -3.85. The third kappa shape index (κ3) is 255. The van der Waals surface area contributed by atoms with Crippen molar-refractivity contribution < 1.29 is 21.4 Å². The van der Waals surface area contributed by atoms with Crippen molar-refractivity contribution in [3.8, 4) is 0 Å². The van der Waals surface area contributed by atoms with Crippen LogP contribution in [-0.4, -0.2) is 67.8 Å². The molecule has 0 aromatic carbocycles. The van der Waals surface area contributed by atoms with Gasteiger partial charge in [0.1, 0.15) is 0 Å². The number of rotatable bonds is 0. The summed E-state index contributed by atoms with van der Waals surface area (Å²) in [6, 6.07) is 0. The van der Waals surface area contributed by atoms with E-state index in [-0.39, 0.29) is 28.5 Å². The fourth-order valence-electron chi connectivity index (χ4n) is 0. The van der Waals surface area contributed by atoms with Crippen LogP contribution in [0.4, 0.5) is 0 Å². The minimum absolute atomic E-state index is 0. The van der Waals surface area contributed by atoms with Crippen LogP contribution in [0.5, 0.6) is 0 Å². The molecule has 44 valence electrons. The topological polar surface area (TPSA) is 106 Å². The first-order valence-corrected chi connectivity index (χ1v) is 2.96. The van der Waals surface area contributed by atoms with Crippen molar-refractivity contribution in [1.29, 1.82) is 0 Å². The maximum atomic E-state index is 8.57. The van der Waals surface area contributed by atoms with E-state index in [1.807, 2.05) is 0 Å². The second kappa shape index (κ2) is 43.7. The quantitative estimate of drug-likeness (QED) is 0.357. The Morgan fingerprint density at radius 1 is 1.00 bits per heavy atom. The Morgan fingerprint density at radius 2 is 1.00 bits per heavy atom. The van der Waals surface area contributed by atoms with Gasteiger partial charge < -0.3 is 5.48 Å². The SMILES string of the molecule is O.[MgH2].[O]=[Al][OH].[O]=[Al][OH]. The molecule has 8 heteroatoms. The fourth-order valence-corrected chi connectivity index (χ4v) is 0. The van der Waals surface area contributed by atoms with Crippen molar-refractivity contribution in [3.05, 3.63) is 0 Å². The molecule has 0 aliphatic rings. The Labute approximate surface area is 75.1 Å². The maximum absolute atomic E-state index is 8.57. The summed E-state index contributed by atoms with van der Waals surface area (Å²) >= 11 is -3.00. The summed E-state index contributed by atoms with van der Waals surface area (Å²) in [5.41, 5.74) is 0. The first-order chi connectivity index (χ1) is 2.83. The van der Waals surface area contributed by atoms with Crippen LogP contribution in [-0.2, 0) is 7.61 Å². The molecule has 0 spiro atoms. The molecule has 0 bridgehead atoms. The van der Waals surface area contributed by atoms with Crippen molar-refractivity contribution in [1.82, 2.24) is 0 Å². The molecule has 8 heavy (non-hydrogen) atoms. The molecule has 4 N–H and O–H groups in total. The van der Waals surface area contributed by atoms with Gasteiger partial charge in [0.2, 0.25) is 0 Å². The van der Waals surface area contributed by atoms with Gasteiger partial charge in [0, 0.05) is 0 Å². The van der Waals surface area contributed by atoms with Gasteiger partial charge in [0.05, 0.1) is 0 Å². The molecule has 0 saturated carbocycles. The van der Waals surface area contributed by atoms with E-state index in [0.29, 0.717) is 0 Å². The van der Waals surface area contributed by atoms with Gasteiger partial charge >= 0.3 is 70.0 Å². The second-order valence-corrected chi connectivity index (χ2v) is 0.632. The molecule has 0 saturated heterocycles. The van der Waals surface area contributed by atoms with Crippen molar-refractivity contribution in [2.24, 2.45) is 0 Å². The molecule has 0 atom stereocenters. The summed E-state index contributed by atoms with van der Waals surface area (Å²) in [7, 11) is 0. The molecule has 0 fully saturated rings. The van der Waals surface area contributed by atoms with Crippen LogP contribution in [0.1, 0.15) is 0 Å².